The molecule has 0 radical (unpaired) electrons. The van der Waals surface area contributed by atoms with E-state index in [1.807, 2.05) is 0 Å². The summed E-state index contributed by atoms with van der Waals surface area (Å²) in [5.41, 5.74) is -1.61. The van der Waals surface area contributed by atoms with Gasteiger partial charge in [-0.15, -0.1) is 0 Å². The highest BCUT2D eigenvalue weighted by Crippen LogP contribution is 2.34. The fraction of sp³-hybridized carbons (Fsp3) is 0.250. The Morgan fingerprint density at radius 1 is 1.22 bits per heavy atom. The molecule has 27 heavy (non-hydrogen) atoms. The number of para-hydroxylation sites is 1. The fourth-order valence-corrected chi connectivity index (χ4v) is 2.75. The summed E-state index contributed by atoms with van der Waals surface area (Å²) in [6.45, 7) is 0. The number of carbonyl (C=O) groups is 2. The number of anilines is 1. The van der Waals surface area contributed by atoms with Crippen molar-refractivity contribution >= 4 is 29.3 Å². The first kappa shape index (κ1) is 20.5. The number of likely N-dealkylation sites (N-methyl/N-ethyl adjacent to an activating group) is 1. The predicted molar refractivity (Wildman–Crippen MR) is 93.4 cm³/mol. The lowest BCUT2D eigenvalue weighted by Gasteiger charge is -2.13. The van der Waals surface area contributed by atoms with Crippen LogP contribution in [0.15, 0.2) is 40.3 Å². The Hall–Kier alpha value is -2.82. The molecule has 7 nitrogen and oxygen atoms in total. The lowest BCUT2D eigenvalue weighted by Crippen LogP contribution is -2.22. The molecular weight excluding hydrogens is 385 g/mol. The Morgan fingerprint density at radius 2 is 1.93 bits per heavy atom. The van der Waals surface area contributed by atoms with Crippen molar-refractivity contribution in [3.05, 3.63) is 51.9 Å². The van der Waals surface area contributed by atoms with Crippen molar-refractivity contribution in [2.45, 2.75) is 17.8 Å². The Kier molecular flexibility index (Phi) is 6.61. The maximum absolute atomic E-state index is 12.9. The molecule has 11 heteroatoms. The summed E-state index contributed by atoms with van der Waals surface area (Å²) >= 11 is 0.832. The van der Waals surface area contributed by atoms with Crippen molar-refractivity contribution in [1.82, 2.24) is 15.3 Å². The van der Waals surface area contributed by atoms with Crippen LogP contribution in [0, 0.1) is 0 Å². The van der Waals surface area contributed by atoms with E-state index in [4.69, 9.17) is 0 Å². The SMILES string of the molecule is CNC(=O)Cc1cc(=O)[nH]c(SCC(=O)Nc2ccccc2C(F)(F)F)n1. The second-order valence-corrected chi connectivity index (χ2v) is 6.24. The maximum atomic E-state index is 12.9. The summed E-state index contributed by atoms with van der Waals surface area (Å²) in [5, 5.41) is 4.67. The third-order valence-electron chi connectivity index (χ3n) is 3.24. The minimum atomic E-state index is -4.60. The van der Waals surface area contributed by atoms with Crippen LogP contribution < -0.4 is 16.2 Å². The lowest BCUT2D eigenvalue weighted by atomic mass is 10.1. The quantitative estimate of drug-likeness (QED) is 0.507. The highest BCUT2D eigenvalue weighted by molar-refractivity contribution is 7.99. The van der Waals surface area contributed by atoms with Crippen molar-refractivity contribution < 1.29 is 22.8 Å². The van der Waals surface area contributed by atoms with Crippen LogP contribution in [0.25, 0.3) is 0 Å². The second-order valence-electron chi connectivity index (χ2n) is 5.27. The second kappa shape index (κ2) is 8.71. The first-order valence-electron chi connectivity index (χ1n) is 7.58. The number of nitrogens with one attached hydrogen (secondary N) is 3. The van der Waals surface area contributed by atoms with Gasteiger partial charge in [0.15, 0.2) is 5.16 Å². The van der Waals surface area contributed by atoms with E-state index in [2.05, 4.69) is 20.6 Å². The monoisotopic (exact) mass is 400 g/mol. The van der Waals surface area contributed by atoms with E-state index in [9.17, 15) is 27.6 Å². The van der Waals surface area contributed by atoms with Crippen LogP contribution in [0.4, 0.5) is 18.9 Å². The van der Waals surface area contributed by atoms with Gasteiger partial charge in [0.25, 0.3) is 5.56 Å². The molecule has 1 aromatic heterocycles. The van der Waals surface area contributed by atoms with Gasteiger partial charge in [0.2, 0.25) is 11.8 Å². The smallest absolute Gasteiger partial charge is 0.359 e. The van der Waals surface area contributed by atoms with Gasteiger partial charge in [0.1, 0.15) is 0 Å². The van der Waals surface area contributed by atoms with Gasteiger partial charge in [-0.3, -0.25) is 14.4 Å². The van der Waals surface area contributed by atoms with Crippen molar-refractivity contribution in [3.8, 4) is 0 Å². The molecule has 0 bridgehead atoms. The Morgan fingerprint density at radius 3 is 2.59 bits per heavy atom. The number of benzene rings is 1. The molecular formula is C16H15F3N4O3S. The number of thioether (sulfide) groups is 1. The lowest BCUT2D eigenvalue weighted by molar-refractivity contribution is -0.137. The molecule has 144 valence electrons. The fourth-order valence-electron chi connectivity index (χ4n) is 2.05. The van der Waals surface area contributed by atoms with Gasteiger partial charge >= 0.3 is 6.18 Å². The average Bonchev–Trinajstić information content (AvgIpc) is 2.59. The molecule has 2 aromatic rings. The zero-order chi connectivity index (χ0) is 20.0. The minimum absolute atomic E-state index is 0.0839. The van der Waals surface area contributed by atoms with E-state index in [-0.39, 0.29) is 34.6 Å². The molecule has 0 saturated carbocycles. The molecule has 0 saturated heterocycles. The number of rotatable bonds is 6. The number of hydrogen-bond donors (Lipinski definition) is 3. The summed E-state index contributed by atoms with van der Waals surface area (Å²) in [6.07, 6.45) is -4.71. The topological polar surface area (TPSA) is 104 Å². The number of nitrogens with zero attached hydrogens (tertiary/aromatic N) is 1. The van der Waals surface area contributed by atoms with Gasteiger partial charge in [-0.2, -0.15) is 13.2 Å². The van der Waals surface area contributed by atoms with Gasteiger partial charge in [0, 0.05) is 13.1 Å². The van der Waals surface area contributed by atoms with E-state index in [1.165, 1.54) is 19.2 Å². The van der Waals surface area contributed by atoms with Crippen LogP contribution in [0.5, 0.6) is 0 Å². The molecule has 0 fully saturated rings. The summed E-state index contributed by atoms with van der Waals surface area (Å²) in [4.78, 5) is 41.4. The van der Waals surface area contributed by atoms with E-state index < -0.39 is 23.2 Å². The first-order chi connectivity index (χ1) is 12.7. The molecule has 1 heterocycles. The van der Waals surface area contributed by atoms with Crippen LogP contribution in [0.2, 0.25) is 0 Å². The van der Waals surface area contributed by atoms with Gasteiger partial charge in [-0.1, -0.05) is 23.9 Å². The largest absolute Gasteiger partial charge is 0.418 e. The molecule has 2 rings (SSSR count). The molecule has 0 aliphatic rings. The number of H-pyrrole nitrogens is 1. The number of carbonyl (C=O) groups excluding carboxylic acids is 2. The van der Waals surface area contributed by atoms with E-state index in [0.717, 1.165) is 30.0 Å². The summed E-state index contributed by atoms with van der Waals surface area (Å²) in [7, 11) is 1.44. The molecule has 2 amide bonds. The minimum Gasteiger partial charge on any atom is -0.359 e. The van der Waals surface area contributed by atoms with E-state index >= 15 is 0 Å². The standard InChI is InChI=1S/C16H15F3N4O3S/c1-20-12(24)6-9-7-13(25)23-15(21-9)27-8-14(26)22-11-5-3-2-4-10(11)16(17,18)19/h2-5,7H,6,8H2,1H3,(H,20,24)(H,22,26)(H,21,23,25). The van der Waals surface area contributed by atoms with Gasteiger partial charge < -0.3 is 15.6 Å². The Labute approximate surface area is 155 Å². The van der Waals surface area contributed by atoms with Crippen LogP contribution >= 0.6 is 11.8 Å². The number of amides is 2. The zero-order valence-corrected chi connectivity index (χ0v) is 14.8. The summed E-state index contributed by atoms with van der Waals surface area (Å²) < 4.78 is 38.8. The molecule has 0 unspecified atom stereocenters. The van der Waals surface area contributed by atoms with Crippen LogP contribution in [0.1, 0.15) is 11.3 Å². The number of halogens is 3. The zero-order valence-electron chi connectivity index (χ0n) is 14.0. The summed E-state index contributed by atoms with van der Waals surface area (Å²) in [5.74, 6) is -1.32. The Balaban J connectivity index is 2.04. The highest BCUT2D eigenvalue weighted by Gasteiger charge is 2.33. The van der Waals surface area contributed by atoms with Crippen LogP contribution in [-0.2, 0) is 22.2 Å². The predicted octanol–water partition coefficient (Wildman–Crippen LogP) is 1.81. The maximum Gasteiger partial charge on any atom is 0.418 e. The number of hydrogen-bond acceptors (Lipinski definition) is 5. The first-order valence-corrected chi connectivity index (χ1v) is 8.57. The third-order valence-corrected chi connectivity index (χ3v) is 4.11. The third kappa shape index (κ3) is 6.13. The Bertz CT molecular complexity index is 899. The highest BCUT2D eigenvalue weighted by atomic mass is 32.2. The van der Waals surface area contributed by atoms with Crippen molar-refractivity contribution in [2.24, 2.45) is 0 Å². The molecule has 0 aliphatic heterocycles. The van der Waals surface area contributed by atoms with Gasteiger partial charge in [0.05, 0.1) is 29.1 Å². The van der Waals surface area contributed by atoms with Crippen LogP contribution in [0.3, 0.4) is 0 Å². The number of alkyl halides is 3. The average molecular weight is 400 g/mol. The van der Waals surface area contributed by atoms with E-state index in [1.54, 1.807) is 0 Å². The van der Waals surface area contributed by atoms with E-state index in [0.29, 0.717) is 0 Å². The molecule has 0 atom stereocenters. The summed E-state index contributed by atoms with van der Waals surface area (Å²) in [6, 6.07) is 5.76. The molecule has 1 aromatic carbocycles. The number of aromatic amines is 1. The van der Waals surface area contributed by atoms with Gasteiger partial charge in [-0.05, 0) is 12.1 Å². The van der Waals surface area contributed by atoms with Crippen molar-refractivity contribution in [3.63, 3.8) is 0 Å². The van der Waals surface area contributed by atoms with Crippen molar-refractivity contribution in [2.75, 3.05) is 18.1 Å². The van der Waals surface area contributed by atoms with Crippen molar-refractivity contribution in [1.29, 1.82) is 0 Å². The van der Waals surface area contributed by atoms with Gasteiger partial charge in [-0.25, -0.2) is 4.98 Å². The number of aromatic nitrogens is 2. The molecule has 3 N–H and O–H groups in total. The molecule has 0 spiro atoms. The molecule has 0 aliphatic carbocycles. The van der Waals surface area contributed by atoms with Crippen LogP contribution in [-0.4, -0.2) is 34.6 Å². The normalized spacial score (nSPS) is 11.1.